The lowest BCUT2D eigenvalue weighted by molar-refractivity contribution is 0.141. The third-order valence-corrected chi connectivity index (χ3v) is 3.09. The minimum absolute atomic E-state index is 0.164. The summed E-state index contributed by atoms with van der Waals surface area (Å²) in [6, 6.07) is 0. The van der Waals surface area contributed by atoms with Gasteiger partial charge < -0.3 is 4.90 Å². The first-order chi connectivity index (χ1) is 6.24. The van der Waals surface area contributed by atoms with Gasteiger partial charge in [0.25, 0.3) is 0 Å². The molecule has 0 saturated carbocycles. The van der Waals surface area contributed by atoms with Gasteiger partial charge in [-0.2, -0.15) is 0 Å². The molecule has 0 aromatic rings. The lowest BCUT2D eigenvalue weighted by atomic mass is 9.88. The van der Waals surface area contributed by atoms with Gasteiger partial charge in [-0.05, 0) is 37.6 Å². The predicted octanol–water partition coefficient (Wildman–Crippen LogP) is 2.71. The van der Waals surface area contributed by atoms with Crippen molar-refractivity contribution in [2.45, 2.75) is 33.1 Å². The summed E-state index contributed by atoms with van der Waals surface area (Å²) >= 11 is 0. The van der Waals surface area contributed by atoms with Crippen LogP contribution in [0, 0.1) is 11.8 Å². The predicted molar refractivity (Wildman–Crippen MR) is 54.6 cm³/mol. The van der Waals surface area contributed by atoms with Crippen LogP contribution in [0.4, 0.5) is 4.39 Å². The summed E-state index contributed by atoms with van der Waals surface area (Å²) < 4.78 is 12.0. The van der Waals surface area contributed by atoms with Crippen LogP contribution >= 0.6 is 0 Å². The summed E-state index contributed by atoms with van der Waals surface area (Å²) in [6.45, 7) is 7.76. The van der Waals surface area contributed by atoms with E-state index in [0.29, 0.717) is 6.42 Å². The Morgan fingerprint density at radius 2 is 2.23 bits per heavy atom. The molecule has 0 amide bonds. The molecular weight excluding hydrogens is 165 g/mol. The fourth-order valence-corrected chi connectivity index (χ4v) is 2.12. The SMILES string of the molecule is CC(C)C1CCCN(CCCF)C1. The molecule has 78 valence electrons. The number of piperidine rings is 1. The van der Waals surface area contributed by atoms with Crippen LogP contribution in [0.3, 0.4) is 0 Å². The summed E-state index contributed by atoms with van der Waals surface area (Å²) in [7, 11) is 0. The van der Waals surface area contributed by atoms with Crippen molar-refractivity contribution in [3.8, 4) is 0 Å². The molecule has 13 heavy (non-hydrogen) atoms. The van der Waals surface area contributed by atoms with Crippen LogP contribution in [0.15, 0.2) is 0 Å². The molecule has 1 saturated heterocycles. The summed E-state index contributed by atoms with van der Waals surface area (Å²) in [5, 5.41) is 0. The van der Waals surface area contributed by atoms with Crippen molar-refractivity contribution in [3.05, 3.63) is 0 Å². The van der Waals surface area contributed by atoms with Gasteiger partial charge >= 0.3 is 0 Å². The third-order valence-electron chi connectivity index (χ3n) is 3.09. The van der Waals surface area contributed by atoms with Gasteiger partial charge in [-0.15, -0.1) is 0 Å². The van der Waals surface area contributed by atoms with Crippen LogP contribution in [0.25, 0.3) is 0 Å². The van der Waals surface area contributed by atoms with Crippen LogP contribution in [0.5, 0.6) is 0 Å². The van der Waals surface area contributed by atoms with Crippen LogP contribution in [-0.2, 0) is 0 Å². The largest absolute Gasteiger partial charge is 0.303 e. The average Bonchev–Trinajstić information content (AvgIpc) is 2.15. The summed E-state index contributed by atoms with van der Waals surface area (Å²) in [5.41, 5.74) is 0. The number of hydrogen-bond donors (Lipinski definition) is 0. The molecule has 1 aliphatic rings. The monoisotopic (exact) mass is 187 g/mol. The molecule has 1 nitrogen and oxygen atoms in total. The number of rotatable bonds is 4. The van der Waals surface area contributed by atoms with Crippen molar-refractivity contribution in [2.75, 3.05) is 26.3 Å². The third kappa shape index (κ3) is 3.63. The number of nitrogens with zero attached hydrogens (tertiary/aromatic N) is 1. The van der Waals surface area contributed by atoms with E-state index in [1.165, 1.54) is 25.9 Å². The molecule has 1 atom stereocenters. The fraction of sp³-hybridized carbons (Fsp3) is 1.00. The fourth-order valence-electron chi connectivity index (χ4n) is 2.12. The Balaban J connectivity index is 2.25. The Hall–Kier alpha value is -0.110. The molecule has 0 bridgehead atoms. The van der Waals surface area contributed by atoms with Gasteiger partial charge in [0, 0.05) is 13.1 Å². The van der Waals surface area contributed by atoms with Crippen LogP contribution < -0.4 is 0 Å². The molecule has 0 aromatic carbocycles. The van der Waals surface area contributed by atoms with Gasteiger partial charge in [-0.1, -0.05) is 13.8 Å². The van der Waals surface area contributed by atoms with Gasteiger partial charge in [0.05, 0.1) is 6.67 Å². The number of likely N-dealkylation sites (tertiary alicyclic amines) is 1. The Bertz CT molecular complexity index is 136. The first-order valence-corrected chi connectivity index (χ1v) is 5.52. The highest BCUT2D eigenvalue weighted by Crippen LogP contribution is 2.23. The van der Waals surface area contributed by atoms with E-state index in [1.807, 2.05) is 0 Å². The topological polar surface area (TPSA) is 3.24 Å². The lowest BCUT2D eigenvalue weighted by Gasteiger charge is -2.34. The van der Waals surface area contributed by atoms with Crippen molar-refractivity contribution in [3.63, 3.8) is 0 Å². The maximum atomic E-state index is 12.0. The van der Waals surface area contributed by atoms with Crippen molar-refractivity contribution < 1.29 is 4.39 Å². The second-order valence-electron chi connectivity index (χ2n) is 4.49. The molecule has 0 spiro atoms. The van der Waals surface area contributed by atoms with E-state index in [9.17, 15) is 4.39 Å². The van der Waals surface area contributed by atoms with E-state index in [2.05, 4.69) is 18.7 Å². The molecule has 1 unspecified atom stereocenters. The van der Waals surface area contributed by atoms with E-state index in [0.717, 1.165) is 18.4 Å². The molecule has 2 heteroatoms. The molecule has 0 aliphatic carbocycles. The second kappa shape index (κ2) is 5.58. The first-order valence-electron chi connectivity index (χ1n) is 5.52. The van der Waals surface area contributed by atoms with Crippen molar-refractivity contribution >= 4 is 0 Å². The minimum Gasteiger partial charge on any atom is -0.303 e. The maximum absolute atomic E-state index is 12.0. The highest BCUT2D eigenvalue weighted by molar-refractivity contribution is 4.74. The molecule has 0 N–H and O–H groups in total. The second-order valence-corrected chi connectivity index (χ2v) is 4.49. The first kappa shape index (κ1) is 11.0. The van der Waals surface area contributed by atoms with Crippen molar-refractivity contribution in [1.82, 2.24) is 4.90 Å². The van der Waals surface area contributed by atoms with E-state index in [1.54, 1.807) is 0 Å². The Labute approximate surface area is 81.3 Å². The van der Waals surface area contributed by atoms with Crippen LogP contribution in [-0.4, -0.2) is 31.2 Å². The highest BCUT2D eigenvalue weighted by Gasteiger charge is 2.21. The molecule has 1 aliphatic heterocycles. The van der Waals surface area contributed by atoms with Gasteiger partial charge in [0.15, 0.2) is 0 Å². The smallest absolute Gasteiger partial charge is 0.0906 e. The lowest BCUT2D eigenvalue weighted by Crippen LogP contribution is -2.38. The molecule has 1 fully saturated rings. The van der Waals surface area contributed by atoms with Gasteiger partial charge in [0.1, 0.15) is 0 Å². The van der Waals surface area contributed by atoms with Gasteiger partial charge in [0.2, 0.25) is 0 Å². The standard InChI is InChI=1S/C11H22FN/c1-10(2)11-5-3-7-13(9-11)8-4-6-12/h10-11H,3-9H2,1-2H3. The molecule has 1 rings (SSSR count). The molecule has 0 aromatic heterocycles. The van der Waals surface area contributed by atoms with Crippen molar-refractivity contribution in [1.29, 1.82) is 0 Å². The van der Waals surface area contributed by atoms with Crippen LogP contribution in [0.2, 0.25) is 0 Å². The summed E-state index contributed by atoms with van der Waals surface area (Å²) in [4.78, 5) is 2.42. The Morgan fingerprint density at radius 3 is 2.85 bits per heavy atom. The summed E-state index contributed by atoms with van der Waals surface area (Å²) in [5.74, 6) is 1.63. The van der Waals surface area contributed by atoms with Crippen molar-refractivity contribution in [2.24, 2.45) is 11.8 Å². The molecule has 1 heterocycles. The minimum atomic E-state index is -0.164. The van der Waals surface area contributed by atoms with Gasteiger partial charge in [-0.25, -0.2) is 0 Å². The van der Waals surface area contributed by atoms with E-state index < -0.39 is 0 Å². The number of alkyl halides is 1. The van der Waals surface area contributed by atoms with E-state index in [4.69, 9.17) is 0 Å². The number of hydrogen-bond acceptors (Lipinski definition) is 1. The zero-order chi connectivity index (χ0) is 9.68. The quantitative estimate of drug-likeness (QED) is 0.654. The van der Waals surface area contributed by atoms with E-state index >= 15 is 0 Å². The average molecular weight is 187 g/mol. The van der Waals surface area contributed by atoms with Gasteiger partial charge in [-0.3, -0.25) is 4.39 Å². The summed E-state index contributed by atoms with van der Waals surface area (Å²) in [6.07, 6.45) is 3.38. The van der Waals surface area contributed by atoms with E-state index in [-0.39, 0.29) is 6.67 Å². The normalized spacial score (nSPS) is 25.4. The molecular formula is C11H22FN. The zero-order valence-corrected chi connectivity index (χ0v) is 8.93. The van der Waals surface area contributed by atoms with Crippen LogP contribution in [0.1, 0.15) is 33.1 Å². The highest BCUT2D eigenvalue weighted by atomic mass is 19.1. The Kier molecular flexibility index (Phi) is 4.71. The number of halogens is 1. The maximum Gasteiger partial charge on any atom is 0.0906 e. The zero-order valence-electron chi connectivity index (χ0n) is 8.93. The Morgan fingerprint density at radius 1 is 1.46 bits per heavy atom. The molecule has 0 radical (unpaired) electrons.